The third-order valence-electron chi connectivity index (χ3n) is 2.03. The van der Waals surface area contributed by atoms with Gasteiger partial charge in [0.05, 0.1) is 19.8 Å². The fraction of sp³-hybridized carbons (Fsp3) is 0.167. The third-order valence-corrected chi connectivity index (χ3v) is 2.03. The SMILES string of the molecule is COC(=O)C(O)=Cc1ccc(C(=O)OC)cc1. The number of carbonyl (C=O) groups is 2. The first-order chi connectivity index (χ1) is 8.08. The number of hydrogen-bond donors (Lipinski definition) is 1. The molecule has 0 saturated carbocycles. The maximum atomic E-state index is 11.1. The normalized spacial score (nSPS) is 10.8. The standard InChI is InChI=1S/C12H12O5/c1-16-11(14)9-5-3-8(4-6-9)7-10(13)12(15)17-2/h3-7,13H,1-2H3. The number of hydrogen-bond acceptors (Lipinski definition) is 5. The molecule has 0 aliphatic heterocycles. The predicted molar refractivity (Wildman–Crippen MR) is 60.4 cm³/mol. The van der Waals surface area contributed by atoms with E-state index in [0.717, 1.165) is 0 Å². The lowest BCUT2D eigenvalue weighted by atomic mass is 10.1. The van der Waals surface area contributed by atoms with Gasteiger partial charge < -0.3 is 14.6 Å². The third kappa shape index (κ3) is 3.34. The van der Waals surface area contributed by atoms with Crippen molar-refractivity contribution in [1.82, 2.24) is 0 Å². The highest BCUT2D eigenvalue weighted by Crippen LogP contribution is 2.09. The van der Waals surface area contributed by atoms with Crippen LogP contribution in [0.15, 0.2) is 30.0 Å². The van der Waals surface area contributed by atoms with Gasteiger partial charge in [-0.05, 0) is 23.8 Å². The van der Waals surface area contributed by atoms with Crippen LogP contribution in [0, 0.1) is 0 Å². The van der Waals surface area contributed by atoms with Crippen LogP contribution in [0.4, 0.5) is 0 Å². The fourth-order valence-corrected chi connectivity index (χ4v) is 1.15. The molecule has 0 aliphatic carbocycles. The summed E-state index contributed by atoms with van der Waals surface area (Å²) in [6.07, 6.45) is 1.24. The minimum atomic E-state index is -0.818. The number of aliphatic hydroxyl groups excluding tert-OH is 1. The van der Waals surface area contributed by atoms with Gasteiger partial charge >= 0.3 is 11.9 Å². The van der Waals surface area contributed by atoms with Gasteiger partial charge in [0.2, 0.25) is 5.76 Å². The highest BCUT2D eigenvalue weighted by Gasteiger charge is 2.07. The molecule has 5 heteroatoms. The molecule has 0 aliphatic rings. The number of aliphatic hydroxyl groups is 1. The first-order valence-corrected chi connectivity index (χ1v) is 4.76. The van der Waals surface area contributed by atoms with Gasteiger partial charge in [-0.15, -0.1) is 0 Å². The largest absolute Gasteiger partial charge is 0.502 e. The van der Waals surface area contributed by atoms with E-state index < -0.39 is 17.7 Å². The maximum Gasteiger partial charge on any atom is 0.373 e. The Labute approximate surface area is 98.3 Å². The lowest BCUT2D eigenvalue weighted by Gasteiger charge is -2.00. The first-order valence-electron chi connectivity index (χ1n) is 4.76. The van der Waals surface area contributed by atoms with Crippen molar-refractivity contribution in [3.05, 3.63) is 41.2 Å². The molecule has 1 rings (SSSR count). The molecule has 17 heavy (non-hydrogen) atoms. The van der Waals surface area contributed by atoms with Crippen LogP contribution in [0.3, 0.4) is 0 Å². The molecule has 0 atom stereocenters. The monoisotopic (exact) mass is 236 g/mol. The molecule has 0 fully saturated rings. The van der Waals surface area contributed by atoms with Crippen molar-refractivity contribution in [2.24, 2.45) is 0 Å². The van der Waals surface area contributed by atoms with Crippen molar-refractivity contribution in [1.29, 1.82) is 0 Å². The summed E-state index contributed by atoms with van der Waals surface area (Å²) < 4.78 is 8.87. The first kappa shape index (κ1) is 12.8. The molecule has 0 heterocycles. The number of benzene rings is 1. The zero-order valence-corrected chi connectivity index (χ0v) is 9.47. The maximum absolute atomic E-state index is 11.1. The molecule has 0 saturated heterocycles. The summed E-state index contributed by atoms with van der Waals surface area (Å²) in [6.45, 7) is 0. The molecule has 0 aromatic heterocycles. The summed E-state index contributed by atoms with van der Waals surface area (Å²) in [5.41, 5.74) is 0.961. The molecule has 1 aromatic carbocycles. The molecule has 0 amide bonds. The lowest BCUT2D eigenvalue weighted by molar-refractivity contribution is -0.138. The van der Waals surface area contributed by atoms with Gasteiger partial charge in [0.15, 0.2) is 0 Å². The summed E-state index contributed by atoms with van der Waals surface area (Å²) in [5, 5.41) is 9.29. The summed E-state index contributed by atoms with van der Waals surface area (Å²) in [5.74, 6) is -1.77. The second-order valence-corrected chi connectivity index (χ2v) is 3.13. The van der Waals surface area contributed by atoms with Gasteiger partial charge in [0.1, 0.15) is 0 Å². The molecular weight excluding hydrogens is 224 g/mol. The molecule has 0 spiro atoms. The zero-order chi connectivity index (χ0) is 12.8. The van der Waals surface area contributed by atoms with E-state index in [4.69, 9.17) is 0 Å². The number of methoxy groups -OCH3 is 2. The van der Waals surface area contributed by atoms with E-state index >= 15 is 0 Å². The lowest BCUT2D eigenvalue weighted by Crippen LogP contribution is -2.03. The van der Waals surface area contributed by atoms with Gasteiger partial charge in [-0.3, -0.25) is 0 Å². The molecule has 1 aromatic rings. The van der Waals surface area contributed by atoms with Crippen LogP contribution < -0.4 is 0 Å². The van der Waals surface area contributed by atoms with Gasteiger partial charge in [0, 0.05) is 0 Å². The van der Waals surface area contributed by atoms with E-state index in [9.17, 15) is 14.7 Å². The number of carbonyl (C=O) groups excluding carboxylic acids is 2. The van der Waals surface area contributed by atoms with Crippen LogP contribution in [0.1, 0.15) is 15.9 Å². The Morgan fingerprint density at radius 3 is 2.18 bits per heavy atom. The second-order valence-electron chi connectivity index (χ2n) is 3.13. The Morgan fingerprint density at radius 2 is 1.71 bits per heavy atom. The molecule has 0 unspecified atom stereocenters. The number of rotatable bonds is 3. The molecule has 5 nitrogen and oxygen atoms in total. The smallest absolute Gasteiger partial charge is 0.373 e. The minimum Gasteiger partial charge on any atom is -0.502 e. The molecule has 90 valence electrons. The van der Waals surface area contributed by atoms with Gasteiger partial charge in [-0.2, -0.15) is 0 Å². The van der Waals surface area contributed by atoms with Crippen LogP contribution in [0.5, 0.6) is 0 Å². The van der Waals surface area contributed by atoms with Crippen molar-refractivity contribution < 1.29 is 24.2 Å². The summed E-state index contributed by atoms with van der Waals surface area (Å²) in [4.78, 5) is 22.1. The minimum absolute atomic E-state index is 0.391. The van der Waals surface area contributed by atoms with Crippen LogP contribution in [0.25, 0.3) is 6.08 Å². The number of esters is 2. The summed E-state index contributed by atoms with van der Waals surface area (Å²) in [7, 11) is 2.46. The predicted octanol–water partition coefficient (Wildman–Crippen LogP) is 1.55. The molecule has 1 N–H and O–H groups in total. The summed E-state index contributed by atoms with van der Waals surface area (Å²) in [6, 6.07) is 6.21. The van der Waals surface area contributed by atoms with Crippen molar-refractivity contribution in [3.63, 3.8) is 0 Å². The topological polar surface area (TPSA) is 72.8 Å². The second kappa shape index (κ2) is 5.69. The fourth-order valence-electron chi connectivity index (χ4n) is 1.15. The van der Waals surface area contributed by atoms with Crippen LogP contribution >= 0.6 is 0 Å². The van der Waals surface area contributed by atoms with E-state index in [1.807, 2.05) is 0 Å². The Kier molecular flexibility index (Phi) is 4.28. The van der Waals surface area contributed by atoms with E-state index in [0.29, 0.717) is 11.1 Å². The Morgan fingerprint density at radius 1 is 1.12 bits per heavy atom. The average molecular weight is 236 g/mol. The van der Waals surface area contributed by atoms with E-state index in [-0.39, 0.29) is 0 Å². The van der Waals surface area contributed by atoms with Gasteiger partial charge in [-0.1, -0.05) is 12.1 Å². The highest BCUT2D eigenvalue weighted by atomic mass is 16.5. The molecule has 0 bridgehead atoms. The van der Waals surface area contributed by atoms with Gasteiger partial charge in [0.25, 0.3) is 0 Å². The average Bonchev–Trinajstić information content (AvgIpc) is 2.37. The van der Waals surface area contributed by atoms with Crippen molar-refractivity contribution >= 4 is 18.0 Å². The van der Waals surface area contributed by atoms with Gasteiger partial charge in [-0.25, -0.2) is 9.59 Å². The Bertz CT molecular complexity index is 444. The highest BCUT2D eigenvalue weighted by molar-refractivity contribution is 5.92. The van der Waals surface area contributed by atoms with Crippen molar-refractivity contribution in [2.45, 2.75) is 0 Å². The van der Waals surface area contributed by atoms with E-state index in [1.165, 1.54) is 32.4 Å². The van der Waals surface area contributed by atoms with Crippen LogP contribution in [-0.2, 0) is 14.3 Å². The summed E-state index contributed by atoms with van der Waals surface area (Å²) >= 11 is 0. The van der Waals surface area contributed by atoms with Crippen LogP contribution in [-0.4, -0.2) is 31.3 Å². The van der Waals surface area contributed by atoms with E-state index in [2.05, 4.69) is 9.47 Å². The van der Waals surface area contributed by atoms with Crippen molar-refractivity contribution in [2.75, 3.05) is 14.2 Å². The van der Waals surface area contributed by atoms with Crippen molar-refractivity contribution in [3.8, 4) is 0 Å². The number of ether oxygens (including phenoxy) is 2. The molecule has 0 radical (unpaired) electrons. The quantitative estimate of drug-likeness (QED) is 0.489. The Balaban J connectivity index is 2.88. The van der Waals surface area contributed by atoms with Crippen LogP contribution in [0.2, 0.25) is 0 Å². The zero-order valence-electron chi connectivity index (χ0n) is 9.47. The van der Waals surface area contributed by atoms with E-state index in [1.54, 1.807) is 12.1 Å². The molecular formula is C12H12O5. The Hall–Kier alpha value is -2.30.